The van der Waals surface area contributed by atoms with Crippen LogP contribution in [0.3, 0.4) is 0 Å². The molecule has 3 nitrogen and oxygen atoms in total. The number of rotatable bonds is 3. The summed E-state index contributed by atoms with van der Waals surface area (Å²) in [6.07, 6.45) is 8.72. The molecule has 2 atom stereocenters. The van der Waals surface area contributed by atoms with E-state index in [0.29, 0.717) is 12.0 Å². The smallest absolute Gasteiger partial charge is 0.109 e. The third-order valence-electron chi connectivity index (χ3n) is 6.59. The van der Waals surface area contributed by atoms with Gasteiger partial charge in [0.15, 0.2) is 0 Å². The first-order chi connectivity index (χ1) is 12.8. The SMILES string of the molecule is C=C(C)C1=CN2C(=CC1=C)c1nc(CC)c(CC)nc1C1CCC(C)(C)C12. The van der Waals surface area contributed by atoms with Crippen molar-refractivity contribution in [2.75, 3.05) is 0 Å². The first-order valence-corrected chi connectivity index (χ1v) is 10.3. The number of allylic oxidation sites excluding steroid dienone is 4. The fraction of sp³-hybridized carbons (Fsp3) is 0.500. The average molecular weight is 362 g/mol. The molecular formula is C24H31N3. The second-order valence-electron chi connectivity index (χ2n) is 8.92. The molecule has 3 heteroatoms. The Kier molecular flexibility index (Phi) is 4.17. The highest BCUT2D eigenvalue weighted by molar-refractivity contribution is 5.75. The van der Waals surface area contributed by atoms with E-state index in [1.807, 2.05) is 0 Å². The molecule has 1 aromatic rings. The zero-order valence-corrected chi connectivity index (χ0v) is 17.4. The Morgan fingerprint density at radius 1 is 1.22 bits per heavy atom. The van der Waals surface area contributed by atoms with Crippen molar-refractivity contribution < 1.29 is 0 Å². The maximum absolute atomic E-state index is 5.18. The minimum Gasteiger partial charge on any atom is -0.341 e. The molecule has 0 radical (unpaired) electrons. The summed E-state index contributed by atoms with van der Waals surface area (Å²) in [5.74, 6) is 0.435. The highest BCUT2D eigenvalue weighted by Gasteiger charge is 2.51. The van der Waals surface area contributed by atoms with E-state index in [4.69, 9.17) is 9.97 Å². The quantitative estimate of drug-likeness (QED) is 0.706. The second-order valence-corrected chi connectivity index (χ2v) is 8.92. The standard InChI is InChI=1S/C24H31N3/c1-8-18-19(9-2)26-22-20-12-15(5)17(14(3)4)13-27(20)23-16(21(22)25-18)10-11-24(23,6)7/h12-13,16,23H,3,5,8-11H2,1-2,4,6-7H3. The van der Waals surface area contributed by atoms with Gasteiger partial charge in [0.1, 0.15) is 5.69 Å². The van der Waals surface area contributed by atoms with E-state index in [-0.39, 0.29) is 5.41 Å². The van der Waals surface area contributed by atoms with Gasteiger partial charge in [0.05, 0.1) is 22.8 Å². The number of aromatic nitrogens is 2. The maximum Gasteiger partial charge on any atom is 0.109 e. The van der Waals surface area contributed by atoms with Gasteiger partial charge in [0.25, 0.3) is 0 Å². The molecule has 0 saturated heterocycles. The minimum atomic E-state index is 0.230. The van der Waals surface area contributed by atoms with Crippen molar-refractivity contribution >= 4 is 5.70 Å². The van der Waals surface area contributed by atoms with Crippen molar-refractivity contribution in [1.82, 2.24) is 14.9 Å². The van der Waals surface area contributed by atoms with Crippen LogP contribution in [0.2, 0.25) is 0 Å². The van der Waals surface area contributed by atoms with Crippen LogP contribution in [-0.2, 0) is 12.8 Å². The van der Waals surface area contributed by atoms with Crippen LogP contribution >= 0.6 is 0 Å². The van der Waals surface area contributed by atoms with Crippen molar-refractivity contribution in [3.8, 4) is 0 Å². The topological polar surface area (TPSA) is 29.0 Å². The van der Waals surface area contributed by atoms with Gasteiger partial charge < -0.3 is 4.90 Å². The largest absolute Gasteiger partial charge is 0.341 e. The molecule has 0 amide bonds. The molecule has 1 aliphatic carbocycles. The van der Waals surface area contributed by atoms with Crippen LogP contribution in [0.15, 0.2) is 42.2 Å². The minimum absolute atomic E-state index is 0.230. The van der Waals surface area contributed by atoms with Gasteiger partial charge in [-0.3, -0.25) is 4.98 Å². The third-order valence-corrected chi connectivity index (χ3v) is 6.59. The highest BCUT2D eigenvalue weighted by Crippen LogP contribution is 2.55. The Balaban J connectivity index is 1.97. The molecule has 2 aliphatic heterocycles. The highest BCUT2D eigenvalue weighted by atomic mass is 15.2. The number of fused-ring (bicyclic) bond motifs is 6. The van der Waals surface area contributed by atoms with E-state index < -0.39 is 0 Å². The van der Waals surface area contributed by atoms with E-state index in [2.05, 4.69) is 65.0 Å². The predicted octanol–water partition coefficient (Wildman–Crippen LogP) is 5.56. The molecule has 2 unspecified atom stereocenters. The zero-order valence-electron chi connectivity index (χ0n) is 17.4. The molecule has 27 heavy (non-hydrogen) atoms. The number of aryl methyl sites for hydroxylation is 2. The van der Waals surface area contributed by atoms with E-state index in [1.165, 1.54) is 29.9 Å². The van der Waals surface area contributed by atoms with E-state index >= 15 is 0 Å². The molecule has 3 aliphatic rings. The Labute approximate surface area is 163 Å². The fourth-order valence-electron chi connectivity index (χ4n) is 5.18. The van der Waals surface area contributed by atoms with E-state index in [0.717, 1.165) is 40.9 Å². The van der Waals surface area contributed by atoms with Gasteiger partial charge >= 0.3 is 0 Å². The Morgan fingerprint density at radius 3 is 2.52 bits per heavy atom. The zero-order chi connectivity index (χ0) is 19.5. The normalized spacial score (nSPS) is 25.4. The molecule has 1 aromatic heterocycles. The molecule has 4 rings (SSSR count). The molecule has 0 N–H and O–H groups in total. The third kappa shape index (κ3) is 2.62. The van der Waals surface area contributed by atoms with Gasteiger partial charge in [-0.1, -0.05) is 40.9 Å². The van der Waals surface area contributed by atoms with E-state index in [9.17, 15) is 0 Å². The van der Waals surface area contributed by atoms with Crippen molar-refractivity contribution in [2.45, 2.75) is 72.3 Å². The first-order valence-electron chi connectivity index (χ1n) is 10.3. The number of hydrogen-bond acceptors (Lipinski definition) is 3. The first kappa shape index (κ1) is 18.2. The van der Waals surface area contributed by atoms with Crippen molar-refractivity contribution in [3.05, 3.63) is 64.9 Å². The van der Waals surface area contributed by atoms with Gasteiger partial charge in [0.2, 0.25) is 0 Å². The van der Waals surface area contributed by atoms with Gasteiger partial charge in [-0.25, -0.2) is 4.98 Å². The Hall–Kier alpha value is -2.16. The second kappa shape index (κ2) is 6.19. The monoisotopic (exact) mass is 361 g/mol. The summed E-state index contributed by atoms with van der Waals surface area (Å²) in [5.41, 5.74) is 9.22. The van der Waals surface area contributed by atoms with Crippen molar-refractivity contribution in [2.24, 2.45) is 5.41 Å². The summed E-state index contributed by atoms with van der Waals surface area (Å²) >= 11 is 0. The van der Waals surface area contributed by atoms with Crippen LogP contribution in [0.5, 0.6) is 0 Å². The summed E-state index contributed by atoms with van der Waals surface area (Å²) in [6.45, 7) is 19.7. The summed E-state index contributed by atoms with van der Waals surface area (Å²) in [4.78, 5) is 12.8. The molecule has 0 aromatic carbocycles. The average Bonchev–Trinajstić information content (AvgIpc) is 2.95. The van der Waals surface area contributed by atoms with Crippen LogP contribution in [-0.4, -0.2) is 20.9 Å². The lowest BCUT2D eigenvalue weighted by Gasteiger charge is -2.46. The molecule has 1 saturated carbocycles. The van der Waals surface area contributed by atoms with Crippen LogP contribution in [0.4, 0.5) is 0 Å². The number of nitrogens with zero attached hydrogens (tertiary/aromatic N) is 3. The lowest BCUT2D eigenvalue weighted by molar-refractivity contribution is 0.192. The molecule has 0 bridgehead atoms. The van der Waals surface area contributed by atoms with Gasteiger partial charge in [0, 0.05) is 18.2 Å². The molecule has 142 valence electrons. The Morgan fingerprint density at radius 2 is 1.89 bits per heavy atom. The lowest BCUT2D eigenvalue weighted by Crippen LogP contribution is -2.46. The van der Waals surface area contributed by atoms with Crippen molar-refractivity contribution in [1.29, 1.82) is 0 Å². The molecular weight excluding hydrogens is 330 g/mol. The molecule has 0 spiro atoms. The van der Waals surface area contributed by atoms with E-state index in [1.54, 1.807) is 0 Å². The maximum atomic E-state index is 5.18. The van der Waals surface area contributed by atoms with Crippen molar-refractivity contribution in [3.63, 3.8) is 0 Å². The summed E-state index contributed by atoms with van der Waals surface area (Å²) in [6, 6.07) is 0.408. The summed E-state index contributed by atoms with van der Waals surface area (Å²) in [5, 5.41) is 0. The van der Waals surface area contributed by atoms with Crippen LogP contribution < -0.4 is 0 Å². The van der Waals surface area contributed by atoms with Crippen LogP contribution in [0.25, 0.3) is 5.70 Å². The van der Waals surface area contributed by atoms with Crippen LogP contribution in [0, 0.1) is 5.41 Å². The summed E-state index contributed by atoms with van der Waals surface area (Å²) in [7, 11) is 0. The summed E-state index contributed by atoms with van der Waals surface area (Å²) < 4.78 is 0. The van der Waals surface area contributed by atoms with Gasteiger partial charge in [-0.2, -0.15) is 0 Å². The molecule has 3 heterocycles. The van der Waals surface area contributed by atoms with Gasteiger partial charge in [-0.15, -0.1) is 0 Å². The van der Waals surface area contributed by atoms with Crippen LogP contribution in [0.1, 0.15) is 76.2 Å². The molecule has 1 fully saturated rings. The predicted molar refractivity (Wildman–Crippen MR) is 112 cm³/mol. The lowest BCUT2D eigenvalue weighted by atomic mass is 9.78. The fourth-order valence-corrected chi connectivity index (χ4v) is 5.18. The van der Waals surface area contributed by atoms with Gasteiger partial charge in [-0.05, 0) is 60.8 Å². The number of hydrogen-bond donors (Lipinski definition) is 0. The Bertz CT molecular complexity index is 900.